The van der Waals surface area contributed by atoms with Crippen LogP contribution in [0.4, 0.5) is 10.5 Å². The molecule has 2 amide bonds. The van der Waals surface area contributed by atoms with Gasteiger partial charge in [0.15, 0.2) is 5.82 Å². The van der Waals surface area contributed by atoms with Gasteiger partial charge in [-0.15, -0.1) is 5.10 Å². The van der Waals surface area contributed by atoms with Gasteiger partial charge >= 0.3 is 6.03 Å². The molecule has 0 spiro atoms. The molecule has 0 unspecified atom stereocenters. The van der Waals surface area contributed by atoms with Crippen LogP contribution in [0.15, 0.2) is 48.5 Å². The van der Waals surface area contributed by atoms with Crippen molar-refractivity contribution < 1.29 is 4.79 Å². The van der Waals surface area contributed by atoms with E-state index in [2.05, 4.69) is 20.8 Å². The fourth-order valence-corrected chi connectivity index (χ4v) is 3.13. The first-order valence-corrected chi connectivity index (χ1v) is 9.58. The zero-order chi connectivity index (χ0) is 19.7. The van der Waals surface area contributed by atoms with E-state index in [4.69, 9.17) is 11.6 Å². The average Bonchev–Trinajstić information content (AvgIpc) is 3.44. The number of carbonyl (C=O) groups is 1. The summed E-state index contributed by atoms with van der Waals surface area (Å²) in [6.45, 7) is 1.98. The van der Waals surface area contributed by atoms with Gasteiger partial charge in [-0.2, -0.15) is 0 Å². The SMILES string of the molecule is C[C@@H](c1ccc(Cl)cc1)N(C)C(=O)Nc1ccc(-c2nnnn2C2CC2)cc1. The number of rotatable bonds is 5. The number of nitrogens with one attached hydrogen (secondary N) is 1. The van der Waals surface area contributed by atoms with Gasteiger partial charge in [0.1, 0.15) is 0 Å². The maximum absolute atomic E-state index is 12.6. The van der Waals surface area contributed by atoms with Crippen LogP contribution in [-0.4, -0.2) is 38.2 Å². The summed E-state index contributed by atoms with van der Waals surface area (Å²) in [6.07, 6.45) is 2.23. The first-order valence-electron chi connectivity index (χ1n) is 9.20. The van der Waals surface area contributed by atoms with Crippen molar-refractivity contribution >= 4 is 23.3 Å². The highest BCUT2D eigenvalue weighted by molar-refractivity contribution is 6.30. The van der Waals surface area contributed by atoms with Gasteiger partial charge in [-0.1, -0.05) is 23.7 Å². The van der Waals surface area contributed by atoms with E-state index in [1.807, 2.05) is 60.1 Å². The first kappa shape index (κ1) is 18.4. The molecule has 0 bridgehead atoms. The van der Waals surface area contributed by atoms with Gasteiger partial charge in [0, 0.05) is 23.3 Å². The summed E-state index contributed by atoms with van der Waals surface area (Å²) < 4.78 is 1.87. The third kappa shape index (κ3) is 3.84. The highest BCUT2D eigenvalue weighted by Gasteiger charge is 2.28. The molecule has 1 fully saturated rings. The Morgan fingerprint density at radius 1 is 1.18 bits per heavy atom. The van der Waals surface area contributed by atoms with Crippen molar-refractivity contribution in [2.75, 3.05) is 12.4 Å². The quantitative estimate of drug-likeness (QED) is 0.686. The Morgan fingerprint density at radius 3 is 2.50 bits per heavy atom. The standard InChI is InChI=1S/C20H21ClN6O/c1-13(14-3-7-16(21)8-4-14)26(2)20(28)22-17-9-5-15(6-10-17)19-23-24-25-27(19)18-11-12-18/h3-10,13,18H,11-12H2,1-2H3,(H,22,28)/t13-/m0/s1. The summed E-state index contributed by atoms with van der Waals surface area (Å²) >= 11 is 5.94. The molecule has 1 atom stereocenters. The van der Waals surface area contributed by atoms with Crippen LogP contribution < -0.4 is 5.32 Å². The number of nitrogens with zero attached hydrogens (tertiary/aromatic N) is 5. The molecule has 2 aromatic carbocycles. The lowest BCUT2D eigenvalue weighted by Gasteiger charge is -2.25. The number of tetrazole rings is 1. The van der Waals surface area contributed by atoms with E-state index in [1.54, 1.807) is 11.9 Å². The van der Waals surface area contributed by atoms with Crippen molar-refractivity contribution in [1.29, 1.82) is 0 Å². The Kier molecular flexibility index (Phi) is 5.00. The third-order valence-electron chi connectivity index (χ3n) is 5.03. The van der Waals surface area contributed by atoms with Crippen LogP contribution >= 0.6 is 11.6 Å². The van der Waals surface area contributed by atoms with Crippen molar-refractivity contribution in [2.24, 2.45) is 0 Å². The van der Waals surface area contributed by atoms with Crippen LogP contribution in [0, 0.1) is 0 Å². The fourth-order valence-electron chi connectivity index (χ4n) is 3.00. The first-order chi connectivity index (χ1) is 13.5. The fraction of sp³-hybridized carbons (Fsp3) is 0.300. The molecular weight excluding hydrogens is 376 g/mol. The van der Waals surface area contributed by atoms with Crippen LogP contribution in [-0.2, 0) is 0 Å². The number of anilines is 1. The molecule has 3 aromatic rings. The third-order valence-corrected chi connectivity index (χ3v) is 5.29. The number of aromatic nitrogens is 4. The van der Waals surface area contributed by atoms with Gasteiger partial charge in [-0.25, -0.2) is 9.48 Å². The molecule has 0 radical (unpaired) electrons. The minimum Gasteiger partial charge on any atom is -0.321 e. The van der Waals surface area contributed by atoms with E-state index in [9.17, 15) is 4.79 Å². The maximum Gasteiger partial charge on any atom is 0.322 e. The van der Waals surface area contributed by atoms with Gasteiger partial charge < -0.3 is 10.2 Å². The lowest BCUT2D eigenvalue weighted by molar-refractivity contribution is 0.208. The van der Waals surface area contributed by atoms with Crippen molar-refractivity contribution in [3.05, 3.63) is 59.1 Å². The zero-order valence-electron chi connectivity index (χ0n) is 15.7. The highest BCUT2D eigenvalue weighted by atomic mass is 35.5. The second kappa shape index (κ2) is 7.59. The Balaban J connectivity index is 1.42. The molecule has 1 saturated carbocycles. The van der Waals surface area contributed by atoms with Gasteiger partial charge in [-0.3, -0.25) is 0 Å². The molecule has 1 N–H and O–H groups in total. The van der Waals surface area contributed by atoms with Gasteiger partial charge in [0.05, 0.1) is 12.1 Å². The van der Waals surface area contributed by atoms with Gasteiger partial charge in [-0.05, 0) is 72.2 Å². The molecule has 1 aliphatic carbocycles. The average molecular weight is 397 g/mol. The van der Waals surface area contributed by atoms with Gasteiger partial charge in [0.2, 0.25) is 0 Å². The second-order valence-corrected chi connectivity index (χ2v) is 7.46. The molecule has 4 rings (SSSR count). The number of carbonyl (C=O) groups excluding carboxylic acids is 1. The van der Waals surface area contributed by atoms with Crippen molar-refractivity contribution in [2.45, 2.75) is 31.8 Å². The summed E-state index contributed by atoms with van der Waals surface area (Å²) in [6, 6.07) is 15.2. The molecule has 1 heterocycles. The molecule has 28 heavy (non-hydrogen) atoms. The smallest absolute Gasteiger partial charge is 0.321 e. The van der Waals surface area contributed by atoms with Crippen molar-refractivity contribution in [3.63, 3.8) is 0 Å². The molecule has 0 aliphatic heterocycles. The molecule has 144 valence electrons. The monoisotopic (exact) mass is 396 g/mol. The van der Waals surface area contributed by atoms with Crippen molar-refractivity contribution in [1.82, 2.24) is 25.1 Å². The van der Waals surface area contributed by atoms with E-state index in [0.717, 1.165) is 29.8 Å². The molecule has 1 aliphatic rings. The number of benzene rings is 2. The summed E-state index contributed by atoms with van der Waals surface area (Å²) in [5, 5.41) is 15.6. The maximum atomic E-state index is 12.6. The summed E-state index contributed by atoms with van der Waals surface area (Å²) in [5.41, 5.74) is 2.66. The molecule has 8 heteroatoms. The normalized spacial score (nSPS) is 14.5. The highest BCUT2D eigenvalue weighted by Crippen LogP contribution is 2.36. The Hall–Kier alpha value is -2.93. The van der Waals surface area contributed by atoms with Crippen LogP contribution in [0.25, 0.3) is 11.4 Å². The number of hydrogen-bond acceptors (Lipinski definition) is 4. The van der Waals surface area contributed by atoms with Crippen LogP contribution in [0.1, 0.15) is 37.4 Å². The van der Waals surface area contributed by atoms with Crippen molar-refractivity contribution in [3.8, 4) is 11.4 Å². The number of urea groups is 1. The summed E-state index contributed by atoms with van der Waals surface area (Å²) in [7, 11) is 1.77. The Bertz CT molecular complexity index is 965. The van der Waals surface area contributed by atoms with E-state index in [0.29, 0.717) is 16.8 Å². The minimum absolute atomic E-state index is 0.0836. The Morgan fingerprint density at radius 2 is 1.86 bits per heavy atom. The van der Waals surface area contributed by atoms with E-state index < -0.39 is 0 Å². The topological polar surface area (TPSA) is 75.9 Å². The molecule has 1 aromatic heterocycles. The molecular formula is C20H21ClN6O. The Labute approximate surface area is 168 Å². The largest absolute Gasteiger partial charge is 0.322 e. The van der Waals surface area contributed by atoms with Gasteiger partial charge in [0.25, 0.3) is 0 Å². The molecule has 0 saturated heterocycles. The predicted molar refractivity (Wildman–Crippen MR) is 108 cm³/mol. The van der Waals surface area contributed by atoms with Crippen LogP contribution in [0.3, 0.4) is 0 Å². The van der Waals surface area contributed by atoms with E-state index in [-0.39, 0.29) is 12.1 Å². The lowest BCUT2D eigenvalue weighted by atomic mass is 10.1. The number of hydrogen-bond donors (Lipinski definition) is 1. The van der Waals surface area contributed by atoms with E-state index in [1.165, 1.54) is 0 Å². The van der Waals surface area contributed by atoms with Crippen LogP contribution in [0.5, 0.6) is 0 Å². The van der Waals surface area contributed by atoms with Crippen LogP contribution in [0.2, 0.25) is 5.02 Å². The number of amides is 2. The number of halogens is 1. The molecule has 7 nitrogen and oxygen atoms in total. The minimum atomic E-state index is -0.182. The lowest BCUT2D eigenvalue weighted by Crippen LogP contribution is -2.33. The van der Waals surface area contributed by atoms with E-state index >= 15 is 0 Å². The summed E-state index contributed by atoms with van der Waals surface area (Å²) in [5.74, 6) is 0.758. The summed E-state index contributed by atoms with van der Waals surface area (Å²) in [4.78, 5) is 14.3. The zero-order valence-corrected chi connectivity index (χ0v) is 16.5. The predicted octanol–water partition coefficient (Wildman–Crippen LogP) is 4.55. The second-order valence-electron chi connectivity index (χ2n) is 7.02.